The maximum atomic E-state index is 14.7. The number of fused-ring (bicyclic) bond motifs is 1. The maximum absolute atomic E-state index is 14.7. The number of pyridine rings is 1. The zero-order valence-corrected chi connectivity index (χ0v) is 21.8. The van der Waals surface area contributed by atoms with Gasteiger partial charge in [0.05, 0.1) is 15.7 Å². The topological polar surface area (TPSA) is 93.2 Å². The second-order valence-electron chi connectivity index (χ2n) is 8.83. The molecular formula is C27H27FN2O4S2. The monoisotopic (exact) mass is 526 g/mol. The van der Waals surface area contributed by atoms with E-state index in [-0.39, 0.29) is 11.4 Å². The highest BCUT2D eigenvalue weighted by Gasteiger charge is 2.23. The maximum Gasteiger partial charge on any atom is 0.175 e. The van der Waals surface area contributed by atoms with Gasteiger partial charge in [0, 0.05) is 47.5 Å². The zero-order chi connectivity index (χ0) is 26.1. The molecule has 3 aromatic carbocycles. The molecule has 0 radical (unpaired) electrons. The smallest absolute Gasteiger partial charge is 0.175 e. The average molecular weight is 527 g/mol. The highest BCUT2D eigenvalue weighted by molar-refractivity contribution is 7.91. The van der Waals surface area contributed by atoms with Gasteiger partial charge in [0.2, 0.25) is 0 Å². The lowest BCUT2D eigenvalue weighted by Gasteiger charge is -2.17. The number of hydrogen-bond acceptors (Lipinski definition) is 6. The molecule has 0 amide bonds. The fourth-order valence-corrected chi connectivity index (χ4v) is 6.17. The number of halogens is 1. The number of hydrogen-bond donors (Lipinski definition) is 1. The predicted octanol–water partition coefficient (Wildman–Crippen LogP) is 5.55. The van der Waals surface area contributed by atoms with Crippen molar-refractivity contribution in [3.8, 4) is 11.1 Å². The first-order chi connectivity index (χ1) is 17.0. The normalized spacial score (nSPS) is 13.0. The van der Waals surface area contributed by atoms with Crippen LogP contribution in [0.25, 0.3) is 22.0 Å². The highest BCUT2D eigenvalue weighted by atomic mass is 32.2. The van der Waals surface area contributed by atoms with Crippen molar-refractivity contribution in [3.05, 3.63) is 89.9 Å². The number of benzene rings is 3. The van der Waals surface area contributed by atoms with E-state index in [2.05, 4.69) is 10.3 Å². The second kappa shape index (κ2) is 9.99. The lowest BCUT2D eigenvalue weighted by molar-refractivity contribution is 0.585. The van der Waals surface area contributed by atoms with Crippen LogP contribution < -0.4 is 5.32 Å². The van der Waals surface area contributed by atoms with Crippen molar-refractivity contribution in [2.24, 2.45) is 0 Å². The summed E-state index contributed by atoms with van der Waals surface area (Å²) in [4.78, 5) is 4.72. The Morgan fingerprint density at radius 1 is 0.944 bits per heavy atom. The van der Waals surface area contributed by atoms with Crippen LogP contribution >= 0.6 is 0 Å². The number of nitrogens with one attached hydrogen (secondary N) is 1. The van der Waals surface area contributed by atoms with E-state index >= 15 is 0 Å². The zero-order valence-electron chi connectivity index (χ0n) is 20.2. The first-order valence-corrected chi connectivity index (χ1v) is 15.2. The van der Waals surface area contributed by atoms with Crippen LogP contribution in [0.4, 0.5) is 10.1 Å². The molecule has 0 spiro atoms. The third-order valence-electron chi connectivity index (χ3n) is 6.11. The third kappa shape index (κ3) is 5.57. The van der Waals surface area contributed by atoms with Gasteiger partial charge in [-0.1, -0.05) is 19.1 Å². The molecule has 0 aliphatic rings. The van der Waals surface area contributed by atoms with E-state index in [1.165, 1.54) is 24.5 Å². The van der Waals surface area contributed by atoms with Gasteiger partial charge in [-0.2, -0.15) is 0 Å². The van der Waals surface area contributed by atoms with Crippen molar-refractivity contribution in [2.45, 2.75) is 30.0 Å². The number of sulfone groups is 2. The lowest BCUT2D eigenvalue weighted by atomic mass is 9.95. The van der Waals surface area contributed by atoms with Gasteiger partial charge in [-0.3, -0.25) is 4.98 Å². The Balaban J connectivity index is 1.72. The average Bonchev–Trinajstić information content (AvgIpc) is 2.82. The number of aromatic nitrogens is 1. The van der Waals surface area contributed by atoms with Crippen molar-refractivity contribution < 1.29 is 21.2 Å². The van der Waals surface area contributed by atoms with E-state index in [9.17, 15) is 21.2 Å². The fraction of sp³-hybridized carbons (Fsp3) is 0.222. The summed E-state index contributed by atoms with van der Waals surface area (Å²) in [6.07, 6.45) is 4.48. The van der Waals surface area contributed by atoms with E-state index in [0.717, 1.165) is 22.8 Å². The Bertz CT molecular complexity index is 1630. The molecule has 188 valence electrons. The van der Waals surface area contributed by atoms with Gasteiger partial charge in [-0.25, -0.2) is 21.2 Å². The Morgan fingerprint density at radius 3 is 2.31 bits per heavy atom. The molecule has 4 rings (SSSR count). The van der Waals surface area contributed by atoms with Crippen LogP contribution in [0.1, 0.15) is 29.7 Å². The summed E-state index contributed by atoms with van der Waals surface area (Å²) >= 11 is 0. The van der Waals surface area contributed by atoms with Gasteiger partial charge < -0.3 is 5.32 Å². The molecular weight excluding hydrogens is 499 g/mol. The molecule has 1 aromatic heterocycles. The van der Waals surface area contributed by atoms with Gasteiger partial charge in [-0.05, 0) is 72.1 Å². The van der Waals surface area contributed by atoms with Gasteiger partial charge in [0.25, 0.3) is 0 Å². The van der Waals surface area contributed by atoms with E-state index < -0.39 is 30.7 Å². The highest BCUT2D eigenvalue weighted by Crippen LogP contribution is 2.35. The van der Waals surface area contributed by atoms with E-state index in [1.54, 1.807) is 36.5 Å². The molecule has 6 nitrogen and oxygen atoms in total. The minimum atomic E-state index is -3.33. The van der Waals surface area contributed by atoms with Crippen molar-refractivity contribution in [3.63, 3.8) is 0 Å². The van der Waals surface area contributed by atoms with Crippen LogP contribution in [0.15, 0.2) is 77.8 Å². The molecule has 4 aromatic rings. The van der Waals surface area contributed by atoms with Crippen LogP contribution in [-0.4, -0.2) is 34.3 Å². The molecule has 0 fully saturated rings. The Hall–Kier alpha value is -3.30. The largest absolute Gasteiger partial charge is 0.381 e. The van der Waals surface area contributed by atoms with Crippen molar-refractivity contribution in [1.82, 2.24) is 4.98 Å². The molecule has 0 aliphatic carbocycles. The summed E-state index contributed by atoms with van der Waals surface area (Å²) in [5.41, 5.74) is 3.88. The lowest BCUT2D eigenvalue weighted by Crippen LogP contribution is -2.11. The summed E-state index contributed by atoms with van der Waals surface area (Å²) in [6.45, 7) is 2.01. The molecule has 1 atom stereocenters. The molecule has 1 heterocycles. The summed E-state index contributed by atoms with van der Waals surface area (Å²) in [5, 5.41) is 3.28. The molecule has 1 N–H and O–H groups in total. The van der Waals surface area contributed by atoms with Gasteiger partial charge >= 0.3 is 0 Å². The molecule has 0 aliphatic heterocycles. The van der Waals surface area contributed by atoms with Crippen LogP contribution in [0.2, 0.25) is 0 Å². The molecule has 0 saturated carbocycles. The van der Waals surface area contributed by atoms with Crippen molar-refractivity contribution in [1.29, 1.82) is 0 Å². The molecule has 9 heteroatoms. The van der Waals surface area contributed by atoms with Crippen LogP contribution in [0.5, 0.6) is 0 Å². The Labute approximate surface area is 211 Å². The fourth-order valence-electron chi connectivity index (χ4n) is 4.30. The Kier molecular flexibility index (Phi) is 7.15. The Morgan fingerprint density at radius 2 is 1.67 bits per heavy atom. The number of nitrogens with zero attached hydrogens (tertiary/aromatic N) is 1. The van der Waals surface area contributed by atoms with Crippen LogP contribution in [0, 0.1) is 5.82 Å². The predicted molar refractivity (Wildman–Crippen MR) is 142 cm³/mol. The first kappa shape index (κ1) is 25.8. The SMILES string of the molecule is CCC(c1cc(-c2ccc(F)c(CNc3ccc(S(C)(=O)=O)cc3)c2)c2ncccc2c1)S(C)(=O)=O. The summed E-state index contributed by atoms with van der Waals surface area (Å²) in [7, 11) is -6.63. The second-order valence-corrected chi connectivity index (χ2v) is 13.1. The minimum Gasteiger partial charge on any atom is -0.381 e. The molecule has 36 heavy (non-hydrogen) atoms. The van der Waals surface area contributed by atoms with E-state index in [1.807, 2.05) is 25.1 Å². The van der Waals surface area contributed by atoms with Crippen molar-refractivity contribution in [2.75, 3.05) is 17.8 Å². The number of anilines is 1. The summed E-state index contributed by atoms with van der Waals surface area (Å²) in [5.74, 6) is -0.394. The quantitative estimate of drug-likeness (QED) is 0.323. The van der Waals surface area contributed by atoms with Crippen LogP contribution in [0.3, 0.4) is 0 Å². The standard InChI is InChI=1S/C27H27FN2O4S2/c1-4-26(36(3,33)34)20-15-19-6-5-13-29-27(19)24(16-20)18-7-12-25(28)21(14-18)17-30-22-8-10-23(11-9-22)35(2,31)32/h5-16,26,30H,4,17H2,1-3H3. The van der Waals surface area contributed by atoms with Gasteiger partial charge in [0.1, 0.15) is 5.82 Å². The van der Waals surface area contributed by atoms with Crippen molar-refractivity contribution >= 4 is 36.3 Å². The van der Waals surface area contributed by atoms with Gasteiger partial charge in [-0.15, -0.1) is 0 Å². The van der Waals surface area contributed by atoms with E-state index in [4.69, 9.17) is 0 Å². The third-order valence-corrected chi connectivity index (χ3v) is 8.88. The number of rotatable bonds is 8. The summed E-state index contributed by atoms with van der Waals surface area (Å²) in [6, 6.07) is 18.4. The van der Waals surface area contributed by atoms with Gasteiger partial charge in [0.15, 0.2) is 19.7 Å². The molecule has 0 bridgehead atoms. The summed E-state index contributed by atoms with van der Waals surface area (Å²) < 4.78 is 62.9. The molecule has 1 unspecified atom stereocenters. The van der Waals surface area contributed by atoms with Crippen LogP contribution in [-0.2, 0) is 26.2 Å². The van der Waals surface area contributed by atoms with E-state index in [0.29, 0.717) is 28.8 Å². The minimum absolute atomic E-state index is 0.171. The molecule has 0 saturated heterocycles. The first-order valence-electron chi connectivity index (χ1n) is 11.4.